The first-order chi connectivity index (χ1) is 13.3. The average molecular weight is 405 g/mol. The molecule has 0 fully saturated rings. The summed E-state index contributed by atoms with van der Waals surface area (Å²) in [6, 6.07) is 0. The van der Waals surface area contributed by atoms with Crippen LogP contribution in [0, 0.1) is 0 Å². The summed E-state index contributed by atoms with van der Waals surface area (Å²) in [5.41, 5.74) is 3.27. The lowest BCUT2D eigenvalue weighted by Gasteiger charge is -2.36. The van der Waals surface area contributed by atoms with Crippen LogP contribution in [0.15, 0.2) is 42.2 Å². The number of rotatable bonds is 16. The third-order valence-electron chi connectivity index (χ3n) is 5.60. The highest BCUT2D eigenvalue weighted by Crippen LogP contribution is 2.36. The van der Waals surface area contributed by atoms with Crippen LogP contribution in [0.3, 0.4) is 0 Å². The molecule has 0 N–H and O–H groups in total. The maximum Gasteiger partial charge on any atom is 0.191 e. The Hall–Kier alpha value is -0.823. The van der Waals surface area contributed by atoms with Crippen molar-refractivity contribution in [3.8, 4) is 0 Å². The number of unbranched alkanes of at least 4 members (excludes halogenated alkanes) is 7. The highest BCUT2D eigenvalue weighted by atomic mass is 28.4. The Bertz CT molecular complexity index is 473. The fraction of sp³-hybridized carbons (Fsp3) is 0.731. The molecule has 162 valence electrons. The molecule has 0 amide bonds. The Morgan fingerprint density at radius 3 is 2.04 bits per heavy atom. The van der Waals surface area contributed by atoms with E-state index in [1.165, 1.54) is 51.4 Å². The minimum Gasteiger partial charge on any atom is -0.416 e. The molecule has 0 spiro atoms. The van der Waals surface area contributed by atoms with Gasteiger partial charge in [0.25, 0.3) is 0 Å². The van der Waals surface area contributed by atoms with Crippen LogP contribution >= 0.6 is 0 Å². The zero-order valence-electron chi connectivity index (χ0n) is 19.9. The summed E-state index contributed by atoms with van der Waals surface area (Å²) in [5, 5.41) is 0.292. The molecule has 0 heterocycles. The molecule has 0 saturated heterocycles. The van der Waals surface area contributed by atoms with Gasteiger partial charge in [-0.05, 0) is 62.4 Å². The molecular formula is C26H48OSi. The molecule has 0 aromatic heterocycles. The lowest BCUT2D eigenvalue weighted by atomic mass is 10.1. The molecular weight excluding hydrogens is 356 g/mol. The first-order valence-corrected chi connectivity index (χ1v) is 14.6. The molecule has 0 bridgehead atoms. The van der Waals surface area contributed by atoms with Crippen molar-refractivity contribution in [2.75, 3.05) is 6.61 Å². The Labute approximate surface area is 178 Å². The van der Waals surface area contributed by atoms with Gasteiger partial charge in [0.15, 0.2) is 8.32 Å². The van der Waals surface area contributed by atoms with Crippen LogP contribution in [0.5, 0.6) is 0 Å². The van der Waals surface area contributed by atoms with Gasteiger partial charge in [-0.2, -0.15) is 0 Å². The van der Waals surface area contributed by atoms with Crippen molar-refractivity contribution in [1.82, 2.24) is 0 Å². The second-order valence-electron chi connectivity index (χ2n) is 9.30. The third-order valence-corrected chi connectivity index (χ3v) is 10.1. The minimum atomic E-state index is -1.59. The zero-order valence-corrected chi connectivity index (χ0v) is 20.9. The van der Waals surface area contributed by atoms with E-state index in [0.717, 1.165) is 25.9 Å². The summed E-state index contributed by atoms with van der Waals surface area (Å²) in [6.07, 6.45) is 27.3. The number of hydrogen-bond donors (Lipinski definition) is 0. The van der Waals surface area contributed by atoms with E-state index in [1.54, 1.807) is 0 Å². The zero-order chi connectivity index (χ0) is 21.1. The lowest BCUT2D eigenvalue weighted by molar-refractivity contribution is 0.294. The predicted molar refractivity (Wildman–Crippen MR) is 131 cm³/mol. The monoisotopic (exact) mass is 404 g/mol. The van der Waals surface area contributed by atoms with Gasteiger partial charge in [-0.1, -0.05) is 90.5 Å². The third kappa shape index (κ3) is 16.2. The standard InChI is InChI=1S/C26H48OSi/c1-7-8-9-10-11-12-13-14-15-16-17-18-19-20-21-22-23-24-25-27-28(5,6)26(2,3)4/h15-16,18-19,21,23H,7-14,17,20,24-25H2,1-6H3. The Balaban J connectivity index is 3.61. The van der Waals surface area contributed by atoms with Gasteiger partial charge in [0.2, 0.25) is 0 Å². The lowest BCUT2D eigenvalue weighted by Crippen LogP contribution is -2.40. The van der Waals surface area contributed by atoms with Crippen molar-refractivity contribution < 1.29 is 4.43 Å². The normalized spacial score (nSPS) is 12.6. The molecule has 0 unspecified atom stereocenters. The average Bonchev–Trinajstić information content (AvgIpc) is 2.62. The Kier molecular flexibility index (Phi) is 16.6. The van der Waals surface area contributed by atoms with Gasteiger partial charge in [0, 0.05) is 6.61 Å². The largest absolute Gasteiger partial charge is 0.416 e. The molecule has 0 aromatic carbocycles. The van der Waals surface area contributed by atoms with E-state index in [-0.39, 0.29) is 0 Å². The summed E-state index contributed by atoms with van der Waals surface area (Å²) in [7, 11) is -1.59. The van der Waals surface area contributed by atoms with Gasteiger partial charge in [0.05, 0.1) is 0 Å². The predicted octanol–water partition coefficient (Wildman–Crippen LogP) is 9.14. The fourth-order valence-electron chi connectivity index (χ4n) is 2.60. The van der Waals surface area contributed by atoms with Crippen LogP contribution in [0.1, 0.15) is 98.3 Å². The highest BCUT2D eigenvalue weighted by Gasteiger charge is 2.36. The summed E-state index contributed by atoms with van der Waals surface area (Å²) in [6.45, 7) is 14.6. The minimum absolute atomic E-state index is 0.292. The number of hydrogen-bond acceptors (Lipinski definition) is 1. The second kappa shape index (κ2) is 17.1. The first-order valence-electron chi connectivity index (χ1n) is 11.6. The van der Waals surface area contributed by atoms with Gasteiger partial charge >= 0.3 is 0 Å². The molecule has 0 aromatic rings. The van der Waals surface area contributed by atoms with Crippen LogP contribution in [-0.4, -0.2) is 14.9 Å². The molecule has 1 nitrogen and oxygen atoms in total. The molecule has 28 heavy (non-hydrogen) atoms. The molecule has 0 aliphatic rings. The quantitative estimate of drug-likeness (QED) is 0.108. The van der Waals surface area contributed by atoms with Crippen LogP contribution in [0.2, 0.25) is 18.1 Å². The molecule has 2 heteroatoms. The van der Waals surface area contributed by atoms with E-state index in [9.17, 15) is 0 Å². The van der Waals surface area contributed by atoms with Gasteiger partial charge in [-0.3, -0.25) is 0 Å². The molecule has 0 aliphatic heterocycles. The van der Waals surface area contributed by atoms with E-state index < -0.39 is 8.32 Å². The van der Waals surface area contributed by atoms with E-state index in [0.29, 0.717) is 5.04 Å². The van der Waals surface area contributed by atoms with Gasteiger partial charge in [-0.25, -0.2) is 0 Å². The number of allylic oxidation sites excluding steroid dienone is 4. The van der Waals surface area contributed by atoms with Gasteiger partial charge in [-0.15, -0.1) is 5.73 Å². The van der Waals surface area contributed by atoms with Crippen molar-refractivity contribution in [1.29, 1.82) is 0 Å². The van der Waals surface area contributed by atoms with E-state index >= 15 is 0 Å². The SMILES string of the molecule is CCCCCCCCCC=CCC=CCC=C=CCCO[Si](C)(C)C(C)(C)C. The van der Waals surface area contributed by atoms with Crippen LogP contribution < -0.4 is 0 Å². The Morgan fingerprint density at radius 2 is 1.36 bits per heavy atom. The van der Waals surface area contributed by atoms with E-state index in [2.05, 4.69) is 83.0 Å². The summed E-state index contributed by atoms with van der Waals surface area (Å²) >= 11 is 0. The van der Waals surface area contributed by atoms with Crippen molar-refractivity contribution in [2.24, 2.45) is 0 Å². The maximum atomic E-state index is 6.15. The van der Waals surface area contributed by atoms with Crippen molar-refractivity contribution >= 4 is 8.32 Å². The molecule has 0 radical (unpaired) electrons. The van der Waals surface area contributed by atoms with Crippen molar-refractivity contribution in [3.63, 3.8) is 0 Å². The second-order valence-corrected chi connectivity index (χ2v) is 14.1. The smallest absolute Gasteiger partial charge is 0.191 e. The van der Waals surface area contributed by atoms with E-state index in [1.807, 2.05) is 0 Å². The van der Waals surface area contributed by atoms with Crippen LogP contribution in [0.4, 0.5) is 0 Å². The summed E-state index contributed by atoms with van der Waals surface area (Å²) in [4.78, 5) is 0. The highest BCUT2D eigenvalue weighted by molar-refractivity contribution is 6.74. The summed E-state index contributed by atoms with van der Waals surface area (Å²) in [5.74, 6) is 0. The van der Waals surface area contributed by atoms with Gasteiger partial charge in [0.1, 0.15) is 0 Å². The molecule has 0 saturated carbocycles. The fourth-order valence-corrected chi connectivity index (χ4v) is 3.66. The topological polar surface area (TPSA) is 9.23 Å². The van der Waals surface area contributed by atoms with Gasteiger partial charge < -0.3 is 4.43 Å². The van der Waals surface area contributed by atoms with E-state index in [4.69, 9.17) is 4.43 Å². The molecule has 0 atom stereocenters. The molecule has 0 rings (SSSR count). The van der Waals surface area contributed by atoms with Crippen LogP contribution in [-0.2, 0) is 4.43 Å². The Morgan fingerprint density at radius 1 is 0.750 bits per heavy atom. The van der Waals surface area contributed by atoms with Crippen LogP contribution in [0.25, 0.3) is 0 Å². The van der Waals surface area contributed by atoms with Crippen molar-refractivity contribution in [2.45, 2.75) is 116 Å². The van der Waals surface area contributed by atoms with Crippen molar-refractivity contribution in [3.05, 3.63) is 42.2 Å². The summed E-state index contributed by atoms with van der Waals surface area (Å²) < 4.78 is 6.15. The molecule has 0 aliphatic carbocycles. The first kappa shape index (κ1) is 27.2. The maximum absolute atomic E-state index is 6.15.